The highest BCUT2D eigenvalue weighted by molar-refractivity contribution is 5.85. The Kier molecular flexibility index (Phi) is 21.9. The van der Waals surface area contributed by atoms with E-state index in [-0.39, 0.29) is 61.7 Å². The second-order valence-corrected chi connectivity index (χ2v) is 19.2. The van der Waals surface area contributed by atoms with Gasteiger partial charge in [0.2, 0.25) is 29.7 Å². The second-order valence-electron chi connectivity index (χ2n) is 19.2. The number of aromatic amines is 1. The number of aromatic nitrogens is 10. The number of hydrogen-bond acceptors (Lipinski definition) is 18. The van der Waals surface area contributed by atoms with Gasteiger partial charge in [-0.1, -0.05) is 68.7 Å². The van der Waals surface area contributed by atoms with E-state index < -0.39 is 18.1 Å². The Morgan fingerprint density at radius 3 is 1.97 bits per heavy atom. The Hall–Kier alpha value is -6.49. The van der Waals surface area contributed by atoms with E-state index in [1.165, 1.54) is 4.68 Å². The zero-order valence-corrected chi connectivity index (χ0v) is 44.3. The number of nitrogens with one attached hydrogen (secondary N) is 2. The molecule has 0 aliphatic carbocycles. The molecule has 5 aromatic rings. The number of carbonyl (C=O) groups is 3. The number of rotatable bonds is 28. The van der Waals surface area contributed by atoms with Gasteiger partial charge < -0.3 is 60.7 Å². The van der Waals surface area contributed by atoms with Gasteiger partial charge in [-0.15, -0.1) is 29.0 Å². The fraction of sp³-hybridized carbons (Fsp3) is 0.600. The van der Waals surface area contributed by atoms with Crippen LogP contribution in [0, 0.1) is 24.2 Å². The largest absolute Gasteiger partial charge is 0.481 e. The first-order chi connectivity index (χ1) is 35.8. The maximum atomic E-state index is 14.7. The third-order valence-corrected chi connectivity index (χ3v) is 13.4. The third-order valence-electron chi connectivity index (χ3n) is 13.4. The summed E-state index contributed by atoms with van der Waals surface area (Å²) in [7, 11) is 0. The van der Waals surface area contributed by atoms with E-state index in [9.17, 15) is 19.5 Å². The van der Waals surface area contributed by atoms with E-state index >= 15 is 0 Å². The summed E-state index contributed by atoms with van der Waals surface area (Å²) in [6, 6.07) is 7.85. The van der Waals surface area contributed by atoms with Crippen LogP contribution in [0.3, 0.4) is 0 Å². The average molecular weight is 1060 g/mol. The smallest absolute Gasteiger partial charge is 0.303 e. The van der Waals surface area contributed by atoms with Crippen LogP contribution in [0.4, 0.5) is 17.8 Å². The Balaban J connectivity index is 0.00000914. The van der Waals surface area contributed by atoms with Crippen molar-refractivity contribution >= 4 is 58.9 Å². The molecule has 7 N–H and O–H groups in total. The zero-order valence-electron chi connectivity index (χ0n) is 43.5. The van der Waals surface area contributed by atoms with Crippen LogP contribution in [0.15, 0.2) is 42.7 Å². The summed E-state index contributed by atoms with van der Waals surface area (Å²) in [5.74, 6) is 2.77. The van der Waals surface area contributed by atoms with Crippen molar-refractivity contribution in [3.8, 4) is 12.3 Å². The van der Waals surface area contributed by atoms with Crippen molar-refractivity contribution < 1.29 is 33.7 Å². The van der Waals surface area contributed by atoms with Crippen LogP contribution in [0.2, 0.25) is 0 Å². The summed E-state index contributed by atoms with van der Waals surface area (Å²) in [5.41, 5.74) is 16.0. The van der Waals surface area contributed by atoms with E-state index in [2.05, 4.69) is 70.6 Å². The van der Waals surface area contributed by atoms with E-state index in [1.807, 2.05) is 45.2 Å². The van der Waals surface area contributed by atoms with Crippen LogP contribution in [0.5, 0.6) is 0 Å². The number of anilines is 3. The van der Waals surface area contributed by atoms with Gasteiger partial charge in [0.1, 0.15) is 18.7 Å². The van der Waals surface area contributed by atoms with E-state index in [0.717, 1.165) is 23.0 Å². The summed E-state index contributed by atoms with van der Waals surface area (Å²) >= 11 is 0. The lowest BCUT2D eigenvalue weighted by Crippen LogP contribution is -2.52. The molecule has 5 atom stereocenters. The highest BCUT2D eigenvalue weighted by Gasteiger charge is 2.34. The van der Waals surface area contributed by atoms with Gasteiger partial charge in [0.15, 0.2) is 0 Å². The molecular weight excluding hydrogens is 986 g/mol. The number of fused-ring (bicyclic) bond motifs is 1. The first-order valence-electron chi connectivity index (χ1n) is 25.7. The maximum Gasteiger partial charge on any atom is 0.303 e. The minimum atomic E-state index is -1.01. The normalized spacial score (nSPS) is 16.1. The standard InChI is InChI=1S/C50H73N17O7.ClH/c1-6-23-72-25-27-74-28-26-73-24-14-53-48-55-49(64-19-15-62(16-20-64)46(70)42(12-13-44(68)69)66-32-40(58-60-66)38(51)29-34(3)4)57-50(56-48)65-21-17-63(18-22-65)47(71)43(31-37-30-36-10-8-9-11-39(36)54-37)67-33-41(59-61-67)45(52)35(5)7-2;/h1,8-11,30,32-35,38,42-43,45,54H,7,12-29,31,51-52H2,2-5H3,(H,68,69)(H,53,55,56,57);1H/t35-,38?,42+,43+,45?;/m1./s1. The molecule has 408 valence electrons. The van der Waals surface area contributed by atoms with Crippen LogP contribution in [-0.2, 0) is 35.0 Å². The first-order valence-corrected chi connectivity index (χ1v) is 25.7. The van der Waals surface area contributed by atoms with Crippen molar-refractivity contribution in [2.75, 3.05) is 114 Å². The monoisotopic (exact) mass is 1060 g/mol. The number of piperazine rings is 2. The molecule has 1 aromatic carbocycles. The number of benzene rings is 1. The second kappa shape index (κ2) is 28.4. The lowest BCUT2D eigenvalue weighted by atomic mass is 9.98. The highest BCUT2D eigenvalue weighted by Crippen LogP contribution is 2.27. The molecule has 24 nitrogen and oxygen atoms in total. The molecule has 2 fully saturated rings. The Morgan fingerprint density at radius 2 is 1.37 bits per heavy atom. The van der Waals surface area contributed by atoms with Crippen LogP contribution in [0.25, 0.3) is 10.9 Å². The summed E-state index contributed by atoms with van der Waals surface area (Å²) in [6.45, 7) is 14.0. The molecule has 2 aliphatic rings. The van der Waals surface area contributed by atoms with E-state index in [1.54, 1.807) is 15.8 Å². The average Bonchev–Trinajstić information content (AvgIpc) is 4.20. The number of halogens is 1. The third kappa shape index (κ3) is 16.0. The molecule has 6 heterocycles. The number of H-pyrrole nitrogens is 1. The lowest BCUT2D eigenvalue weighted by molar-refractivity contribution is -0.139. The number of terminal acetylenes is 1. The molecule has 0 saturated carbocycles. The molecule has 75 heavy (non-hydrogen) atoms. The maximum absolute atomic E-state index is 14.7. The number of carbonyl (C=O) groups excluding carboxylic acids is 2. The molecule has 0 radical (unpaired) electrons. The number of nitrogens with two attached hydrogens (primary N) is 2. The first kappa shape index (κ1) is 57.8. The molecule has 2 aliphatic heterocycles. The summed E-state index contributed by atoms with van der Waals surface area (Å²) in [6.07, 6.45) is 10.4. The fourth-order valence-corrected chi connectivity index (χ4v) is 8.95. The molecule has 0 bridgehead atoms. The molecule has 2 unspecified atom stereocenters. The Bertz CT molecular complexity index is 2590. The van der Waals surface area contributed by atoms with Gasteiger partial charge in [-0.25, -0.2) is 9.36 Å². The van der Waals surface area contributed by atoms with Crippen molar-refractivity contribution in [1.29, 1.82) is 0 Å². The minimum Gasteiger partial charge on any atom is -0.481 e. The summed E-state index contributed by atoms with van der Waals surface area (Å²) in [4.78, 5) is 66.3. The van der Waals surface area contributed by atoms with Crippen molar-refractivity contribution in [2.45, 2.75) is 84.0 Å². The quantitative estimate of drug-likeness (QED) is 0.0355. The van der Waals surface area contributed by atoms with Gasteiger partial charge in [0.25, 0.3) is 0 Å². The molecule has 4 aromatic heterocycles. The number of aliphatic carboxylic acids is 1. The predicted octanol–water partition coefficient (Wildman–Crippen LogP) is 3.03. The number of carboxylic acid groups (broad SMARTS) is 1. The topological polar surface area (TPSA) is 292 Å². The SMILES string of the molecule is C#CCOCCOCCOCCNc1nc(N2CCN(C(=O)[C@H](CCC(=O)O)n3cc(C(N)CC(C)C)nn3)CC2)nc(N2CCN(C(=O)[C@H](Cc3cc4ccccc4[nH]3)n3cc(C(N)[C@H](C)CC)nn3)CC2)n1.Cl. The van der Waals surface area contributed by atoms with Gasteiger partial charge in [0.05, 0.1) is 68.9 Å². The molecule has 25 heteroatoms. The predicted molar refractivity (Wildman–Crippen MR) is 284 cm³/mol. The van der Waals surface area contributed by atoms with Gasteiger partial charge >= 0.3 is 5.97 Å². The number of hydrogen-bond donors (Lipinski definition) is 5. The molecule has 7 rings (SSSR count). The van der Waals surface area contributed by atoms with E-state index in [4.69, 9.17) is 47.1 Å². The van der Waals surface area contributed by atoms with Gasteiger partial charge in [-0.05, 0) is 42.2 Å². The van der Waals surface area contributed by atoms with Crippen molar-refractivity contribution in [1.82, 2.24) is 59.7 Å². The summed E-state index contributed by atoms with van der Waals surface area (Å²) < 4.78 is 19.7. The van der Waals surface area contributed by atoms with Crippen LogP contribution < -0.4 is 26.6 Å². The highest BCUT2D eigenvalue weighted by atomic mass is 35.5. The molecule has 2 saturated heterocycles. The number of ether oxygens (including phenoxy) is 3. The van der Waals surface area contributed by atoms with Crippen molar-refractivity contribution in [2.24, 2.45) is 23.3 Å². The zero-order chi connectivity index (χ0) is 52.6. The van der Waals surface area contributed by atoms with Crippen molar-refractivity contribution in [3.63, 3.8) is 0 Å². The Labute approximate surface area is 444 Å². The number of amides is 2. The molecular formula is C50H74ClN17O7. The van der Waals surface area contributed by atoms with Crippen LogP contribution in [-0.4, -0.2) is 181 Å². The number of para-hydroxylation sites is 1. The molecule has 2 amide bonds. The number of carboxylic acids is 1. The summed E-state index contributed by atoms with van der Waals surface area (Å²) in [5, 5.41) is 31.3. The lowest BCUT2D eigenvalue weighted by Gasteiger charge is -2.38. The van der Waals surface area contributed by atoms with Crippen LogP contribution >= 0.6 is 12.4 Å². The molecule has 0 spiro atoms. The Morgan fingerprint density at radius 1 is 0.800 bits per heavy atom. The number of nitrogens with zero attached hydrogens (tertiary/aromatic N) is 13. The van der Waals surface area contributed by atoms with Gasteiger partial charge in [0, 0.05) is 83.0 Å². The van der Waals surface area contributed by atoms with Gasteiger partial charge in [-0.2, -0.15) is 15.0 Å². The van der Waals surface area contributed by atoms with Gasteiger partial charge in [-0.3, -0.25) is 14.4 Å². The van der Waals surface area contributed by atoms with Crippen LogP contribution in [0.1, 0.15) is 94.6 Å². The minimum absolute atomic E-state index is 0. The van der Waals surface area contributed by atoms with Crippen molar-refractivity contribution in [3.05, 3.63) is 59.8 Å². The van der Waals surface area contributed by atoms with E-state index in [0.29, 0.717) is 140 Å². The fourth-order valence-electron chi connectivity index (χ4n) is 8.95.